The van der Waals surface area contributed by atoms with E-state index in [9.17, 15) is 14.7 Å². The fourth-order valence-electron chi connectivity index (χ4n) is 7.76. The standard InChI is InChI=1S/C20H30O3/c1-18(2)14-6-9-20-10-12(13(11-20)17(22)23)4-5-15(20)19(14,3)8-7-16(18)21/h12-15H,4-11H2,1-3H3,(H,22,23)/t12-,13-,14+,15-,19+,20-/m0/s1. The average molecular weight is 318 g/mol. The van der Waals surface area contributed by atoms with Crippen molar-refractivity contribution in [3.63, 3.8) is 0 Å². The molecule has 4 fully saturated rings. The molecule has 0 aromatic carbocycles. The highest BCUT2D eigenvalue weighted by Gasteiger charge is 2.65. The van der Waals surface area contributed by atoms with Gasteiger partial charge in [0.1, 0.15) is 5.78 Å². The van der Waals surface area contributed by atoms with Gasteiger partial charge in [0.15, 0.2) is 0 Å². The maximum Gasteiger partial charge on any atom is 0.306 e. The Morgan fingerprint density at radius 2 is 1.78 bits per heavy atom. The minimum atomic E-state index is -0.570. The number of aliphatic carboxylic acids is 1. The first-order chi connectivity index (χ1) is 10.7. The van der Waals surface area contributed by atoms with Gasteiger partial charge in [-0.05, 0) is 73.5 Å². The lowest BCUT2D eigenvalue weighted by Gasteiger charge is -2.63. The highest BCUT2D eigenvalue weighted by atomic mass is 16.4. The topological polar surface area (TPSA) is 54.4 Å². The molecule has 0 aliphatic heterocycles. The van der Waals surface area contributed by atoms with Crippen molar-refractivity contribution in [1.82, 2.24) is 0 Å². The van der Waals surface area contributed by atoms with Crippen LogP contribution in [0.2, 0.25) is 0 Å². The van der Waals surface area contributed by atoms with Gasteiger partial charge >= 0.3 is 5.97 Å². The number of rotatable bonds is 1. The molecule has 4 aliphatic rings. The Morgan fingerprint density at radius 3 is 2.48 bits per heavy atom. The number of carboxylic acids is 1. The van der Waals surface area contributed by atoms with Crippen molar-refractivity contribution in [2.24, 2.45) is 39.9 Å². The molecular weight excluding hydrogens is 288 g/mol. The number of fused-ring (bicyclic) bond motifs is 3. The first-order valence-electron chi connectivity index (χ1n) is 9.47. The van der Waals surface area contributed by atoms with E-state index >= 15 is 0 Å². The minimum Gasteiger partial charge on any atom is -0.481 e. The van der Waals surface area contributed by atoms with Crippen molar-refractivity contribution in [2.75, 3.05) is 0 Å². The molecule has 1 spiro atoms. The fraction of sp³-hybridized carbons (Fsp3) is 0.900. The zero-order valence-electron chi connectivity index (χ0n) is 14.7. The molecule has 0 aromatic rings. The Hall–Kier alpha value is -0.860. The second-order valence-electron chi connectivity index (χ2n) is 9.85. The minimum absolute atomic E-state index is 0.113. The third-order valence-electron chi connectivity index (χ3n) is 8.75. The average Bonchev–Trinajstić information content (AvgIpc) is 2.75. The molecule has 0 radical (unpaired) electrons. The number of carbonyl (C=O) groups excluding carboxylic acids is 1. The summed E-state index contributed by atoms with van der Waals surface area (Å²) in [4.78, 5) is 24.2. The number of carboxylic acid groups (broad SMARTS) is 1. The molecule has 23 heavy (non-hydrogen) atoms. The zero-order valence-corrected chi connectivity index (χ0v) is 14.7. The molecule has 6 atom stereocenters. The number of carbonyl (C=O) groups is 2. The molecule has 2 bridgehead atoms. The molecule has 4 saturated carbocycles. The predicted octanol–water partition coefficient (Wildman–Crippen LogP) is 4.30. The van der Waals surface area contributed by atoms with Gasteiger partial charge in [-0.15, -0.1) is 0 Å². The van der Waals surface area contributed by atoms with Crippen LogP contribution >= 0.6 is 0 Å². The molecule has 0 saturated heterocycles. The van der Waals surface area contributed by atoms with Gasteiger partial charge in [0.05, 0.1) is 5.92 Å². The molecule has 1 N–H and O–H groups in total. The van der Waals surface area contributed by atoms with Gasteiger partial charge in [-0.1, -0.05) is 20.8 Å². The quantitative estimate of drug-likeness (QED) is 0.784. The van der Waals surface area contributed by atoms with Crippen LogP contribution in [0.1, 0.15) is 72.1 Å². The van der Waals surface area contributed by atoms with Crippen molar-refractivity contribution < 1.29 is 14.7 Å². The van der Waals surface area contributed by atoms with Gasteiger partial charge in [0.25, 0.3) is 0 Å². The van der Waals surface area contributed by atoms with Crippen LogP contribution in [-0.4, -0.2) is 16.9 Å². The van der Waals surface area contributed by atoms with E-state index in [1.54, 1.807) is 0 Å². The van der Waals surface area contributed by atoms with Gasteiger partial charge in [0, 0.05) is 11.8 Å². The molecule has 0 aromatic heterocycles. The molecule has 3 heteroatoms. The van der Waals surface area contributed by atoms with E-state index in [0.29, 0.717) is 23.5 Å². The van der Waals surface area contributed by atoms with Gasteiger partial charge in [-0.3, -0.25) is 9.59 Å². The summed E-state index contributed by atoms with van der Waals surface area (Å²) in [5.41, 5.74) is 0.290. The van der Waals surface area contributed by atoms with Crippen molar-refractivity contribution in [3.8, 4) is 0 Å². The van der Waals surface area contributed by atoms with Crippen LogP contribution in [-0.2, 0) is 9.59 Å². The molecule has 128 valence electrons. The maximum absolute atomic E-state index is 12.5. The third-order valence-corrected chi connectivity index (χ3v) is 8.75. The van der Waals surface area contributed by atoms with Crippen molar-refractivity contribution in [2.45, 2.75) is 72.1 Å². The first kappa shape index (κ1) is 15.7. The SMILES string of the molecule is CC1(C)C(=O)CC[C@]2(C)[C@@H]1CC[C@@]13C[C@H](CC[C@H]12)[C@@H](C(=O)O)C3. The first-order valence-corrected chi connectivity index (χ1v) is 9.47. The van der Waals surface area contributed by atoms with E-state index in [1.807, 2.05) is 0 Å². The van der Waals surface area contributed by atoms with Crippen molar-refractivity contribution in [1.29, 1.82) is 0 Å². The largest absolute Gasteiger partial charge is 0.481 e. The van der Waals surface area contributed by atoms with E-state index < -0.39 is 5.97 Å². The Labute approximate surface area is 139 Å². The molecule has 3 nitrogen and oxygen atoms in total. The summed E-state index contributed by atoms with van der Waals surface area (Å²) in [5.74, 6) is 1.27. The van der Waals surface area contributed by atoms with Crippen LogP contribution in [0.15, 0.2) is 0 Å². The van der Waals surface area contributed by atoms with Crippen LogP contribution in [0.5, 0.6) is 0 Å². The third kappa shape index (κ3) is 1.88. The van der Waals surface area contributed by atoms with E-state index in [-0.39, 0.29) is 22.2 Å². The number of Topliss-reactive ketones (excluding diaryl/α,β-unsaturated/α-hetero) is 1. The molecule has 4 aliphatic carbocycles. The Morgan fingerprint density at radius 1 is 1.04 bits per heavy atom. The van der Waals surface area contributed by atoms with E-state index in [1.165, 1.54) is 6.42 Å². The smallest absolute Gasteiger partial charge is 0.306 e. The van der Waals surface area contributed by atoms with Crippen LogP contribution in [0.3, 0.4) is 0 Å². The molecule has 4 rings (SSSR count). The highest BCUT2D eigenvalue weighted by molar-refractivity contribution is 5.85. The van der Waals surface area contributed by atoms with Gasteiger partial charge in [-0.2, -0.15) is 0 Å². The lowest BCUT2D eigenvalue weighted by molar-refractivity contribution is -0.165. The maximum atomic E-state index is 12.5. The van der Waals surface area contributed by atoms with Crippen molar-refractivity contribution in [3.05, 3.63) is 0 Å². The second-order valence-corrected chi connectivity index (χ2v) is 9.85. The number of hydrogen-bond donors (Lipinski definition) is 1. The Kier molecular flexibility index (Phi) is 3.14. The summed E-state index contributed by atoms with van der Waals surface area (Å²) in [5, 5.41) is 9.62. The van der Waals surface area contributed by atoms with Crippen LogP contribution in [0, 0.1) is 39.9 Å². The predicted molar refractivity (Wildman–Crippen MR) is 87.9 cm³/mol. The van der Waals surface area contributed by atoms with Crippen LogP contribution in [0.4, 0.5) is 0 Å². The number of hydrogen-bond acceptors (Lipinski definition) is 2. The summed E-state index contributed by atoms with van der Waals surface area (Å²) < 4.78 is 0. The monoisotopic (exact) mass is 318 g/mol. The van der Waals surface area contributed by atoms with Crippen LogP contribution in [0.25, 0.3) is 0 Å². The lowest BCUT2D eigenvalue weighted by Crippen LogP contribution is -2.58. The Bertz CT molecular complexity index is 565. The van der Waals surface area contributed by atoms with E-state index in [0.717, 1.165) is 44.9 Å². The molecule has 0 amide bonds. The summed E-state index contributed by atoms with van der Waals surface area (Å²) in [6.07, 6.45) is 8.30. The molecular formula is C20H30O3. The summed E-state index contributed by atoms with van der Waals surface area (Å²) in [6, 6.07) is 0. The number of ketones is 1. The second kappa shape index (κ2) is 4.61. The van der Waals surface area contributed by atoms with Gasteiger partial charge in [0.2, 0.25) is 0 Å². The van der Waals surface area contributed by atoms with E-state index in [2.05, 4.69) is 20.8 Å². The summed E-state index contributed by atoms with van der Waals surface area (Å²) in [6.45, 7) is 6.76. The Balaban J connectivity index is 1.71. The summed E-state index contributed by atoms with van der Waals surface area (Å²) >= 11 is 0. The van der Waals surface area contributed by atoms with Crippen molar-refractivity contribution >= 4 is 11.8 Å². The van der Waals surface area contributed by atoms with E-state index in [4.69, 9.17) is 0 Å². The molecule has 0 unspecified atom stereocenters. The van der Waals surface area contributed by atoms with Crippen LogP contribution < -0.4 is 0 Å². The normalized spacial score (nSPS) is 51.0. The highest BCUT2D eigenvalue weighted by Crippen LogP contribution is 2.71. The summed E-state index contributed by atoms with van der Waals surface area (Å²) in [7, 11) is 0. The van der Waals surface area contributed by atoms with Gasteiger partial charge < -0.3 is 5.11 Å². The van der Waals surface area contributed by atoms with Gasteiger partial charge in [-0.25, -0.2) is 0 Å². The molecule has 0 heterocycles. The fourth-order valence-corrected chi connectivity index (χ4v) is 7.76. The lowest BCUT2D eigenvalue weighted by atomic mass is 9.41. The zero-order chi connectivity index (χ0) is 16.6.